The summed E-state index contributed by atoms with van der Waals surface area (Å²) in [6.07, 6.45) is 1.72. The predicted molar refractivity (Wildman–Crippen MR) is 168 cm³/mol. The minimum atomic E-state index is -1.06. The molecule has 1 aliphatic heterocycles. The fourth-order valence-corrected chi connectivity index (χ4v) is 6.25. The Labute approximate surface area is 260 Å². The summed E-state index contributed by atoms with van der Waals surface area (Å²) in [5.41, 5.74) is 2.20. The van der Waals surface area contributed by atoms with Gasteiger partial charge in [0.25, 0.3) is 5.69 Å². The van der Waals surface area contributed by atoms with Crippen molar-refractivity contribution in [3.05, 3.63) is 135 Å². The fraction of sp³-hybridized carbons (Fsp3) is 0.0645. The van der Waals surface area contributed by atoms with E-state index >= 15 is 0 Å². The molecule has 3 aromatic carbocycles. The molecule has 5 aromatic rings. The van der Waals surface area contributed by atoms with E-state index in [9.17, 15) is 20.0 Å². The molecule has 214 valence electrons. The quantitative estimate of drug-likeness (QED) is 0.0995. The first-order valence-corrected chi connectivity index (χ1v) is 14.5. The summed E-state index contributed by atoms with van der Waals surface area (Å²) in [4.78, 5) is 30.5. The van der Waals surface area contributed by atoms with E-state index in [1.165, 1.54) is 42.1 Å². The normalized spacial score (nSPS) is 16.2. The monoisotopic (exact) mass is 628 g/mol. The largest absolute Gasteiger partial charge is 0.478 e. The summed E-state index contributed by atoms with van der Waals surface area (Å²) >= 11 is 13.7. The van der Waals surface area contributed by atoms with Crippen LogP contribution in [0.3, 0.4) is 0 Å². The van der Waals surface area contributed by atoms with Crippen LogP contribution in [0.4, 0.5) is 11.4 Å². The van der Waals surface area contributed by atoms with Crippen molar-refractivity contribution in [1.29, 1.82) is 0 Å². The van der Waals surface area contributed by atoms with Crippen LogP contribution in [0, 0.1) is 10.1 Å². The standard InChI is InChI=1S/C31H21ClN4O5S2/c32-24-13-4-18(30(37)38)17-23(24)26-14-15-27(41-26)29-28(25-3-1-2-16-33-25)34-31(42)35(29)19-5-9-21(10-6-19)43-22-11-7-20(8-12-22)36(39)40/h1-17,28-29H,(H,34,42)(H,37,38)/t28-,29+/m1/s1. The zero-order chi connectivity index (χ0) is 30.1. The molecule has 1 saturated heterocycles. The number of nitro benzene ring substituents is 1. The first-order valence-electron chi connectivity index (χ1n) is 12.9. The number of pyridine rings is 1. The average Bonchev–Trinajstić information content (AvgIpc) is 3.63. The number of non-ortho nitro benzene ring substituents is 1. The number of halogens is 1. The summed E-state index contributed by atoms with van der Waals surface area (Å²) in [7, 11) is 0. The van der Waals surface area contributed by atoms with Crippen molar-refractivity contribution in [3.63, 3.8) is 0 Å². The van der Waals surface area contributed by atoms with Crippen LogP contribution in [-0.4, -0.2) is 26.1 Å². The topological polar surface area (TPSA) is 122 Å². The Morgan fingerprint density at radius 3 is 2.40 bits per heavy atom. The van der Waals surface area contributed by atoms with Gasteiger partial charge in [-0.3, -0.25) is 15.1 Å². The number of anilines is 1. The van der Waals surface area contributed by atoms with E-state index in [-0.39, 0.29) is 17.3 Å². The van der Waals surface area contributed by atoms with Gasteiger partial charge in [-0.25, -0.2) is 4.79 Å². The second kappa shape index (κ2) is 11.9. The summed E-state index contributed by atoms with van der Waals surface area (Å²) in [5.74, 6) is -0.0544. The third kappa shape index (κ3) is 5.82. The molecule has 0 unspecified atom stereocenters. The van der Waals surface area contributed by atoms with Crippen molar-refractivity contribution in [2.75, 3.05) is 4.90 Å². The number of aromatic nitrogens is 1. The van der Waals surface area contributed by atoms with Crippen LogP contribution in [0.5, 0.6) is 0 Å². The number of furan rings is 1. The lowest BCUT2D eigenvalue weighted by Crippen LogP contribution is -2.29. The number of hydrogen-bond donors (Lipinski definition) is 2. The van der Waals surface area contributed by atoms with E-state index in [0.29, 0.717) is 27.2 Å². The van der Waals surface area contributed by atoms with Gasteiger partial charge in [0.2, 0.25) is 0 Å². The van der Waals surface area contributed by atoms with Gasteiger partial charge in [-0.2, -0.15) is 0 Å². The van der Waals surface area contributed by atoms with Crippen molar-refractivity contribution in [2.24, 2.45) is 0 Å². The van der Waals surface area contributed by atoms with Crippen molar-refractivity contribution in [3.8, 4) is 11.3 Å². The molecule has 1 aliphatic rings. The number of benzene rings is 3. The summed E-state index contributed by atoms with van der Waals surface area (Å²) in [6.45, 7) is 0. The van der Waals surface area contributed by atoms with Crippen LogP contribution in [0.2, 0.25) is 5.02 Å². The molecule has 6 rings (SSSR count). The van der Waals surface area contributed by atoms with Crippen LogP contribution in [0.25, 0.3) is 11.3 Å². The lowest BCUT2D eigenvalue weighted by Gasteiger charge is -2.26. The molecule has 1 fully saturated rings. The van der Waals surface area contributed by atoms with E-state index in [0.717, 1.165) is 21.2 Å². The number of nitrogens with one attached hydrogen (secondary N) is 1. The molecular formula is C31H21ClN4O5S2. The highest BCUT2D eigenvalue weighted by Crippen LogP contribution is 2.44. The highest BCUT2D eigenvalue weighted by Gasteiger charge is 2.42. The zero-order valence-electron chi connectivity index (χ0n) is 22.1. The number of nitro groups is 1. The molecule has 0 amide bonds. The second-order valence-electron chi connectivity index (χ2n) is 9.55. The molecule has 2 N–H and O–H groups in total. The second-order valence-corrected chi connectivity index (χ2v) is 11.5. The van der Waals surface area contributed by atoms with E-state index < -0.39 is 16.9 Å². The van der Waals surface area contributed by atoms with Gasteiger partial charge in [-0.1, -0.05) is 29.4 Å². The Hall–Kier alpha value is -4.71. The van der Waals surface area contributed by atoms with Gasteiger partial charge in [0.1, 0.15) is 17.6 Å². The van der Waals surface area contributed by atoms with Crippen LogP contribution < -0.4 is 10.2 Å². The molecule has 0 spiro atoms. The molecular weight excluding hydrogens is 608 g/mol. The number of carboxylic acid groups (broad SMARTS) is 1. The zero-order valence-corrected chi connectivity index (χ0v) is 24.5. The number of rotatable bonds is 8. The third-order valence-electron chi connectivity index (χ3n) is 6.89. The third-order valence-corrected chi connectivity index (χ3v) is 8.55. The highest BCUT2D eigenvalue weighted by molar-refractivity contribution is 7.99. The smallest absolute Gasteiger partial charge is 0.335 e. The maximum absolute atomic E-state index is 11.6. The number of hydrogen-bond acceptors (Lipinski definition) is 7. The predicted octanol–water partition coefficient (Wildman–Crippen LogP) is 7.93. The van der Waals surface area contributed by atoms with Gasteiger partial charge in [-0.05, 0) is 91.1 Å². The first kappa shape index (κ1) is 28.4. The Kier molecular flexibility index (Phi) is 7.85. The summed E-state index contributed by atoms with van der Waals surface area (Å²) in [6, 6.07) is 27.2. The summed E-state index contributed by atoms with van der Waals surface area (Å²) < 4.78 is 6.35. The molecule has 0 aliphatic carbocycles. The van der Waals surface area contributed by atoms with Gasteiger partial charge < -0.3 is 19.7 Å². The molecule has 0 saturated carbocycles. The molecule has 2 atom stereocenters. The molecule has 9 nitrogen and oxygen atoms in total. The molecule has 43 heavy (non-hydrogen) atoms. The first-order chi connectivity index (χ1) is 20.8. The number of nitrogens with zero attached hydrogens (tertiary/aromatic N) is 3. The van der Waals surface area contributed by atoms with Gasteiger partial charge in [-0.15, -0.1) is 0 Å². The number of thiocarbonyl (C=S) groups is 1. The lowest BCUT2D eigenvalue weighted by molar-refractivity contribution is -0.384. The van der Waals surface area contributed by atoms with Crippen molar-refractivity contribution < 1.29 is 19.2 Å². The lowest BCUT2D eigenvalue weighted by atomic mass is 10.0. The van der Waals surface area contributed by atoms with Crippen LogP contribution in [0.1, 0.15) is 33.9 Å². The Balaban J connectivity index is 1.34. The highest BCUT2D eigenvalue weighted by atomic mass is 35.5. The Bertz CT molecular complexity index is 1830. The van der Waals surface area contributed by atoms with E-state index in [2.05, 4.69) is 10.3 Å². The van der Waals surface area contributed by atoms with Gasteiger partial charge in [0.05, 0.1) is 27.2 Å². The minimum Gasteiger partial charge on any atom is -0.478 e. The van der Waals surface area contributed by atoms with E-state index in [1.807, 2.05) is 53.4 Å². The number of carboxylic acids is 1. The van der Waals surface area contributed by atoms with Crippen molar-refractivity contribution in [2.45, 2.75) is 21.9 Å². The maximum Gasteiger partial charge on any atom is 0.335 e. The Morgan fingerprint density at radius 1 is 1.02 bits per heavy atom. The van der Waals surface area contributed by atoms with Crippen molar-refractivity contribution in [1.82, 2.24) is 10.3 Å². The van der Waals surface area contributed by atoms with Crippen LogP contribution in [-0.2, 0) is 0 Å². The van der Waals surface area contributed by atoms with Gasteiger partial charge >= 0.3 is 5.97 Å². The van der Waals surface area contributed by atoms with E-state index in [1.54, 1.807) is 24.4 Å². The van der Waals surface area contributed by atoms with Crippen LogP contribution in [0.15, 0.2) is 117 Å². The van der Waals surface area contributed by atoms with Crippen molar-refractivity contribution >= 4 is 58.0 Å². The van der Waals surface area contributed by atoms with Gasteiger partial charge in [0, 0.05) is 39.4 Å². The minimum absolute atomic E-state index is 0.0428. The van der Waals surface area contributed by atoms with Gasteiger partial charge in [0.15, 0.2) is 5.11 Å². The SMILES string of the molecule is O=C(O)c1ccc(Cl)c(-c2ccc([C@H]3[C@@H](c4ccccn4)NC(=S)N3c3ccc(Sc4ccc([N+](=O)[O-])cc4)cc3)o2)c1. The molecule has 0 radical (unpaired) electrons. The number of aromatic carboxylic acids is 1. The maximum atomic E-state index is 11.6. The Morgan fingerprint density at radius 2 is 1.74 bits per heavy atom. The fourth-order valence-electron chi connectivity index (χ4n) is 4.87. The molecule has 12 heteroatoms. The van der Waals surface area contributed by atoms with E-state index in [4.69, 9.17) is 28.2 Å². The molecule has 0 bridgehead atoms. The summed E-state index contributed by atoms with van der Waals surface area (Å²) in [5, 5.41) is 24.7. The van der Waals surface area contributed by atoms with Crippen LogP contribution >= 0.6 is 35.6 Å². The molecule has 2 aromatic heterocycles. The number of carbonyl (C=O) groups is 1. The molecule has 3 heterocycles. The average molecular weight is 629 g/mol.